The molecule has 9 unspecified atom stereocenters. The van der Waals surface area contributed by atoms with Crippen molar-refractivity contribution in [2.24, 2.45) is 0 Å². The van der Waals surface area contributed by atoms with Gasteiger partial charge < -0.3 is 115 Å². The van der Waals surface area contributed by atoms with Gasteiger partial charge in [-0.1, -0.05) is 0 Å². The zero-order valence-corrected chi connectivity index (χ0v) is 29.6. The maximum atomic E-state index is 11.1. The standard InChI is InChI=1S/2C7H14O6.C7H12O6.C6H12O6.Pd/c3*1-12-7-6(11)5(10)4(9)3(2-8)13-7;7-1-2-3(8)4(9)5(10)6(11)12-2;/h2*3-11H,2H2,1H3;3-4,6-9,11H,2H2,1H3;2-11H,1H2;/t2*3?,4-,5+,6?,7+;3?,4-,6?,7+;2?,3-,4+,5?,6?;/m1111./s1. The average molecular weight is 867 g/mol. The van der Waals surface area contributed by atoms with E-state index in [9.17, 15) is 45.6 Å². The van der Waals surface area contributed by atoms with Gasteiger partial charge >= 0.3 is 0 Å². The van der Waals surface area contributed by atoms with Crippen LogP contribution in [0.15, 0.2) is 0 Å². The molecule has 0 aromatic rings. The van der Waals surface area contributed by atoms with Crippen LogP contribution < -0.4 is 0 Å². The number of hydrogen-bond acceptors (Lipinski definition) is 24. The molecule has 4 rings (SSSR count). The minimum absolute atomic E-state index is 0. The summed E-state index contributed by atoms with van der Waals surface area (Å²) in [5.41, 5.74) is 0. The summed E-state index contributed by atoms with van der Waals surface area (Å²) in [6, 6.07) is 0. The van der Waals surface area contributed by atoms with Crippen molar-refractivity contribution in [3.05, 3.63) is 0 Å². The molecule has 4 heterocycles. The van der Waals surface area contributed by atoms with E-state index in [0.717, 1.165) is 0 Å². The molecule has 0 amide bonds. The van der Waals surface area contributed by atoms with Gasteiger partial charge in [0.1, 0.15) is 85.5 Å². The largest absolute Gasteiger partial charge is 0.394 e. The summed E-state index contributed by atoms with van der Waals surface area (Å²) < 4.78 is 33.4. The summed E-state index contributed by atoms with van der Waals surface area (Å²) in [5.74, 6) is -0.794. The van der Waals surface area contributed by atoms with Crippen molar-refractivity contribution >= 4 is 5.78 Å². The van der Waals surface area contributed by atoms with Crippen LogP contribution in [0.1, 0.15) is 0 Å². The smallest absolute Gasteiger partial charge is 0.197 e. The molecule has 0 saturated carbocycles. The van der Waals surface area contributed by atoms with Crippen molar-refractivity contribution in [1.29, 1.82) is 0 Å². The van der Waals surface area contributed by atoms with Crippen molar-refractivity contribution in [2.75, 3.05) is 47.8 Å². The van der Waals surface area contributed by atoms with Crippen molar-refractivity contribution < 1.29 is 140 Å². The number of aliphatic hydroxyl groups is 16. The third kappa shape index (κ3) is 13.3. The summed E-state index contributed by atoms with van der Waals surface area (Å²) in [4.78, 5) is 11.1. The maximum Gasteiger partial charge on any atom is 0.197 e. The Hall–Kier alpha value is -0.588. The molecule has 24 nitrogen and oxygen atoms in total. The summed E-state index contributed by atoms with van der Waals surface area (Å²) >= 11 is 0. The van der Waals surface area contributed by atoms with Gasteiger partial charge in [0.25, 0.3) is 0 Å². The first-order valence-corrected chi connectivity index (χ1v) is 15.3. The van der Waals surface area contributed by atoms with E-state index in [1.54, 1.807) is 0 Å². The van der Waals surface area contributed by atoms with Crippen LogP contribution in [0.2, 0.25) is 0 Å². The van der Waals surface area contributed by atoms with Gasteiger partial charge in [-0.05, 0) is 0 Å². The minimum atomic E-state index is -1.57. The van der Waals surface area contributed by atoms with Crippen molar-refractivity contribution in [2.45, 2.75) is 117 Å². The molecule has 52 heavy (non-hydrogen) atoms. The number of rotatable bonds is 7. The first-order valence-electron chi connectivity index (χ1n) is 15.3. The topological polar surface area (TPSA) is 405 Å². The second-order valence-corrected chi connectivity index (χ2v) is 11.3. The van der Waals surface area contributed by atoms with Crippen LogP contribution in [0.5, 0.6) is 0 Å². The summed E-state index contributed by atoms with van der Waals surface area (Å²) in [5, 5.41) is 145. The molecule has 4 saturated heterocycles. The fourth-order valence-corrected chi connectivity index (χ4v) is 4.75. The summed E-state index contributed by atoms with van der Waals surface area (Å²) in [7, 11) is 3.85. The number of methoxy groups -OCH3 is 3. The van der Waals surface area contributed by atoms with Crippen LogP contribution in [0.25, 0.3) is 0 Å². The van der Waals surface area contributed by atoms with Crippen LogP contribution in [0.4, 0.5) is 0 Å². The van der Waals surface area contributed by atoms with E-state index in [1.165, 1.54) is 21.3 Å². The Morgan fingerprint density at radius 3 is 1.06 bits per heavy atom. The van der Waals surface area contributed by atoms with E-state index in [4.69, 9.17) is 64.5 Å². The number of carbonyl (C=O) groups excluding carboxylic acids is 1. The van der Waals surface area contributed by atoms with Gasteiger partial charge in [-0.3, -0.25) is 4.79 Å². The molecule has 0 aromatic heterocycles. The molecule has 4 fully saturated rings. The molecule has 0 radical (unpaired) electrons. The molecule has 4 aliphatic rings. The van der Waals surface area contributed by atoms with E-state index >= 15 is 0 Å². The Kier molecular flexibility index (Phi) is 24.5. The molecule has 4 aliphatic heterocycles. The summed E-state index contributed by atoms with van der Waals surface area (Å²) in [6.45, 7) is -1.91. The van der Waals surface area contributed by atoms with Gasteiger partial charge in [-0.15, -0.1) is 0 Å². The Labute approximate surface area is 310 Å². The molecular formula is C27H52O24Pd. The zero-order valence-electron chi connectivity index (χ0n) is 28.0. The third-order valence-corrected chi connectivity index (χ3v) is 7.94. The van der Waals surface area contributed by atoms with Crippen LogP contribution >= 0.6 is 0 Å². The number of carbonyl (C=O) groups is 1. The number of ether oxygens (including phenoxy) is 7. The molecular weight excluding hydrogens is 815 g/mol. The van der Waals surface area contributed by atoms with Crippen LogP contribution in [0.3, 0.4) is 0 Å². The second kappa shape index (κ2) is 24.8. The number of Topliss-reactive ketones (excluding diaryl/α,β-unsaturated/α-hetero) is 1. The van der Waals surface area contributed by atoms with E-state index in [1.807, 2.05) is 0 Å². The van der Waals surface area contributed by atoms with Gasteiger partial charge in [0, 0.05) is 41.8 Å². The van der Waals surface area contributed by atoms with E-state index in [2.05, 4.69) is 9.47 Å². The van der Waals surface area contributed by atoms with E-state index in [-0.39, 0.29) is 20.4 Å². The van der Waals surface area contributed by atoms with Crippen LogP contribution in [0, 0.1) is 0 Å². The minimum Gasteiger partial charge on any atom is -0.394 e. The monoisotopic (exact) mass is 866 g/mol. The number of ketones is 1. The van der Waals surface area contributed by atoms with Gasteiger partial charge in [0.15, 0.2) is 37.0 Å². The van der Waals surface area contributed by atoms with Gasteiger partial charge in [-0.2, -0.15) is 0 Å². The fraction of sp³-hybridized carbons (Fsp3) is 0.963. The maximum absolute atomic E-state index is 11.1. The first-order chi connectivity index (χ1) is 23.9. The molecule has 25 heteroatoms. The Balaban J connectivity index is 0.000000663. The molecule has 0 bridgehead atoms. The SMILES string of the molecule is CO[C@H]1OC(CO)[C@@H](O)C(=O)C1O.CO[C@H]1OC(CO)[C@@H](O)[C@H](O)C1O.CO[C@H]1OC(CO)[C@@H](O)[C@H](O)C1O.OCC1OC(O)C(O)[C@@H](O)[C@@H]1O.[Pd]. The first kappa shape index (κ1) is 51.4. The molecule has 19 atom stereocenters. The number of hydrogen-bond donors (Lipinski definition) is 16. The van der Waals surface area contributed by atoms with E-state index < -0.39 is 149 Å². The third-order valence-electron chi connectivity index (χ3n) is 7.94. The fourth-order valence-electron chi connectivity index (χ4n) is 4.75. The second-order valence-electron chi connectivity index (χ2n) is 11.3. The van der Waals surface area contributed by atoms with E-state index in [0.29, 0.717) is 0 Å². The van der Waals surface area contributed by atoms with Gasteiger partial charge in [0.2, 0.25) is 0 Å². The Morgan fingerprint density at radius 2 is 0.731 bits per heavy atom. The normalized spacial score (nSPS) is 44.8. The molecule has 16 N–H and O–H groups in total. The van der Waals surface area contributed by atoms with Gasteiger partial charge in [0.05, 0.1) is 26.4 Å². The van der Waals surface area contributed by atoms with Crippen molar-refractivity contribution in [1.82, 2.24) is 0 Å². The Morgan fingerprint density at radius 1 is 0.423 bits per heavy atom. The number of aliphatic hydroxyl groups excluding tert-OH is 16. The van der Waals surface area contributed by atoms with Gasteiger partial charge in [-0.25, -0.2) is 0 Å². The predicted molar refractivity (Wildman–Crippen MR) is 157 cm³/mol. The predicted octanol–water partition coefficient (Wildman–Crippen LogP) is -10.7. The zero-order chi connectivity index (χ0) is 39.3. The van der Waals surface area contributed by atoms with Crippen molar-refractivity contribution in [3.8, 4) is 0 Å². The molecule has 0 aliphatic carbocycles. The average Bonchev–Trinajstić information content (AvgIpc) is 3.14. The molecule has 0 aromatic carbocycles. The van der Waals surface area contributed by atoms with Crippen LogP contribution in [-0.2, 0) is 58.4 Å². The van der Waals surface area contributed by atoms with Crippen molar-refractivity contribution in [3.63, 3.8) is 0 Å². The van der Waals surface area contributed by atoms with Crippen LogP contribution in [-0.4, -0.2) is 252 Å². The summed E-state index contributed by atoms with van der Waals surface area (Å²) in [6.07, 6.45) is -24.0. The molecule has 0 spiro atoms. The Bertz CT molecular complexity index is 874. The molecule has 314 valence electrons. The quantitative estimate of drug-likeness (QED) is 0.106.